The summed E-state index contributed by atoms with van der Waals surface area (Å²) >= 11 is 0. The number of allylic oxidation sites excluding steroid dienone is 8. The van der Waals surface area contributed by atoms with Crippen LogP contribution < -0.4 is 0 Å². The van der Waals surface area contributed by atoms with E-state index in [1.807, 2.05) is 0 Å². The van der Waals surface area contributed by atoms with Crippen LogP contribution >= 0.6 is 7.82 Å². The second kappa shape index (κ2) is 40.7. The molecule has 0 saturated carbocycles. The number of esters is 2. The normalized spacial score (nSPS) is 12.9. The number of carbonyl (C=O) groups excluding carboxylic acids is 2. The molecule has 0 bridgehead atoms. The van der Waals surface area contributed by atoms with E-state index >= 15 is 0 Å². The van der Waals surface area contributed by atoms with Crippen molar-refractivity contribution in [2.45, 2.75) is 213 Å². The maximum Gasteiger partial charge on any atom is 0.469 e. The number of ether oxygens (including phenoxy) is 2. The molecule has 0 aromatic heterocycles. The van der Waals surface area contributed by atoms with Gasteiger partial charge in [-0.15, -0.1) is 0 Å². The summed E-state index contributed by atoms with van der Waals surface area (Å²) in [5.41, 5.74) is 0. The van der Waals surface area contributed by atoms with E-state index in [1.165, 1.54) is 109 Å². The van der Waals surface area contributed by atoms with Crippen molar-refractivity contribution in [1.82, 2.24) is 0 Å². The van der Waals surface area contributed by atoms with Crippen LogP contribution in [0, 0.1) is 0 Å². The Kier molecular flexibility index (Phi) is 39.2. The molecule has 0 amide bonds. The fourth-order valence-corrected chi connectivity index (χ4v) is 6.45. The van der Waals surface area contributed by atoms with Gasteiger partial charge in [0.25, 0.3) is 0 Å². The number of rotatable bonds is 40. The van der Waals surface area contributed by atoms with Crippen LogP contribution in [0.5, 0.6) is 0 Å². The summed E-state index contributed by atoms with van der Waals surface area (Å²) in [5, 5.41) is 0. The maximum absolute atomic E-state index is 12.4. The van der Waals surface area contributed by atoms with Crippen molar-refractivity contribution in [3.05, 3.63) is 48.6 Å². The van der Waals surface area contributed by atoms with Crippen LogP contribution in [0.1, 0.15) is 206 Å². The third-order valence-electron chi connectivity index (χ3n) is 9.33. The molecule has 0 aromatic rings. The van der Waals surface area contributed by atoms with Gasteiger partial charge in [-0.2, -0.15) is 0 Å². The lowest BCUT2D eigenvalue weighted by Gasteiger charge is -2.18. The molecule has 2 N–H and O–H groups in total. The molecular formula is C45H81O8P. The minimum absolute atomic E-state index is 0.200. The third kappa shape index (κ3) is 42.7. The first-order chi connectivity index (χ1) is 26.3. The molecule has 1 unspecified atom stereocenters. The third-order valence-corrected chi connectivity index (χ3v) is 9.82. The molecule has 0 aromatic carbocycles. The Morgan fingerprint density at radius 1 is 0.500 bits per heavy atom. The number of unbranched alkanes of at least 4 members (excludes halogenated alkanes) is 22. The molecule has 54 heavy (non-hydrogen) atoms. The van der Waals surface area contributed by atoms with Gasteiger partial charge in [0.1, 0.15) is 6.61 Å². The van der Waals surface area contributed by atoms with Crippen molar-refractivity contribution in [1.29, 1.82) is 0 Å². The van der Waals surface area contributed by atoms with E-state index in [0.717, 1.165) is 64.2 Å². The van der Waals surface area contributed by atoms with Crippen LogP contribution in [0.3, 0.4) is 0 Å². The Labute approximate surface area is 331 Å². The highest BCUT2D eigenvalue weighted by Crippen LogP contribution is 2.36. The average Bonchev–Trinajstić information content (AvgIpc) is 3.14. The Hall–Kier alpha value is -1.99. The summed E-state index contributed by atoms with van der Waals surface area (Å²) in [6.07, 6.45) is 49.7. The van der Waals surface area contributed by atoms with Gasteiger partial charge in [-0.05, 0) is 70.6 Å². The van der Waals surface area contributed by atoms with Crippen molar-refractivity contribution in [2.24, 2.45) is 0 Å². The predicted octanol–water partition coefficient (Wildman–Crippen LogP) is 13.5. The van der Waals surface area contributed by atoms with Gasteiger partial charge in [0.05, 0.1) is 6.61 Å². The van der Waals surface area contributed by atoms with Crippen molar-refractivity contribution >= 4 is 19.8 Å². The van der Waals surface area contributed by atoms with E-state index < -0.39 is 32.5 Å². The topological polar surface area (TPSA) is 119 Å². The van der Waals surface area contributed by atoms with Gasteiger partial charge in [0.15, 0.2) is 6.10 Å². The predicted molar refractivity (Wildman–Crippen MR) is 225 cm³/mol. The summed E-state index contributed by atoms with van der Waals surface area (Å²) < 4.78 is 26.4. The zero-order valence-corrected chi connectivity index (χ0v) is 35.5. The quantitative estimate of drug-likeness (QED) is 0.0273. The molecule has 8 nitrogen and oxygen atoms in total. The van der Waals surface area contributed by atoms with Crippen LogP contribution in [-0.4, -0.2) is 41.0 Å². The Balaban J connectivity index is 3.90. The van der Waals surface area contributed by atoms with Crippen LogP contribution in [-0.2, 0) is 28.2 Å². The summed E-state index contributed by atoms with van der Waals surface area (Å²) in [5.74, 6) is -0.896. The van der Waals surface area contributed by atoms with Crippen molar-refractivity contribution < 1.29 is 37.9 Å². The Bertz CT molecular complexity index is 1020. The van der Waals surface area contributed by atoms with Crippen LogP contribution in [0.4, 0.5) is 0 Å². The molecule has 0 aliphatic heterocycles. The van der Waals surface area contributed by atoms with Gasteiger partial charge in [-0.3, -0.25) is 14.1 Å². The molecule has 0 rings (SSSR count). The van der Waals surface area contributed by atoms with Crippen molar-refractivity contribution in [3.8, 4) is 0 Å². The molecule has 314 valence electrons. The fourth-order valence-electron chi connectivity index (χ4n) is 6.09. The van der Waals surface area contributed by atoms with E-state index in [2.05, 4.69) is 67.0 Å². The summed E-state index contributed by atoms with van der Waals surface area (Å²) in [7, 11) is -4.76. The molecule has 1 atom stereocenters. The van der Waals surface area contributed by atoms with Crippen molar-refractivity contribution in [2.75, 3.05) is 13.2 Å². The summed E-state index contributed by atoms with van der Waals surface area (Å²) in [4.78, 5) is 42.9. The minimum Gasteiger partial charge on any atom is -0.462 e. The number of phosphoric ester groups is 1. The maximum atomic E-state index is 12.4. The molecule has 0 radical (unpaired) electrons. The number of carbonyl (C=O) groups is 2. The molecule has 9 heteroatoms. The first kappa shape index (κ1) is 52.0. The van der Waals surface area contributed by atoms with Gasteiger partial charge in [0.2, 0.25) is 0 Å². The molecular weight excluding hydrogens is 699 g/mol. The minimum atomic E-state index is -4.76. The highest BCUT2D eigenvalue weighted by atomic mass is 31.2. The van der Waals surface area contributed by atoms with E-state index in [4.69, 9.17) is 19.3 Å². The van der Waals surface area contributed by atoms with E-state index in [-0.39, 0.29) is 19.4 Å². The second-order valence-corrected chi connectivity index (χ2v) is 15.9. The zero-order chi connectivity index (χ0) is 39.6. The van der Waals surface area contributed by atoms with Crippen LogP contribution in [0.15, 0.2) is 48.6 Å². The fraction of sp³-hybridized carbons (Fsp3) is 0.778. The Morgan fingerprint density at radius 3 is 1.35 bits per heavy atom. The van der Waals surface area contributed by atoms with E-state index in [9.17, 15) is 14.2 Å². The lowest BCUT2D eigenvalue weighted by Crippen LogP contribution is -2.29. The van der Waals surface area contributed by atoms with Gasteiger partial charge in [-0.25, -0.2) is 4.57 Å². The SMILES string of the molecule is CC/C=C\C/C=C\C/C=C\CCCCCCCCCC(=O)OC(COC(=O)CCCCCCCCCCC/C=C\CCCCCCCC)COP(=O)(O)O. The van der Waals surface area contributed by atoms with Gasteiger partial charge in [0, 0.05) is 12.8 Å². The smallest absolute Gasteiger partial charge is 0.462 e. The molecule has 0 aliphatic carbocycles. The lowest BCUT2D eigenvalue weighted by atomic mass is 10.1. The number of phosphoric acid groups is 1. The standard InChI is InChI=1S/C45H81O8P/c1-3-5-7-9-11-13-15-17-19-21-22-24-25-27-29-31-33-35-37-39-44(46)51-41-43(42-52-54(48,49)50)53-45(47)40-38-36-34-32-30-28-26-23-20-18-16-14-12-10-8-6-4-2/h6,8,12,14,17-20,43H,3-5,7,9-11,13,15-16,21-42H2,1-2H3,(H2,48,49,50)/b8-6-,14-12-,19-17-,20-18-. The number of hydrogen-bond donors (Lipinski definition) is 2. The first-order valence-corrected chi connectivity index (χ1v) is 23.5. The first-order valence-electron chi connectivity index (χ1n) is 21.9. The highest BCUT2D eigenvalue weighted by Gasteiger charge is 2.22. The van der Waals surface area contributed by atoms with Gasteiger partial charge in [-0.1, -0.05) is 172 Å². The van der Waals surface area contributed by atoms with E-state index in [0.29, 0.717) is 6.42 Å². The molecule has 0 saturated heterocycles. The van der Waals surface area contributed by atoms with E-state index in [1.54, 1.807) is 0 Å². The van der Waals surface area contributed by atoms with Crippen LogP contribution in [0.2, 0.25) is 0 Å². The van der Waals surface area contributed by atoms with Crippen molar-refractivity contribution in [3.63, 3.8) is 0 Å². The largest absolute Gasteiger partial charge is 0.469 e. The monoisotopic (exact) mass is 781 g/mol. The zero-order valence-electron chi connectivity index (χ0n) is 34.6. The molecule has 0 heterocycles. The van der Waals surface area contributed by atoms with Gasteiger partial charge >= 0.3 is 19.8 Å². The highest BCUT2D eigenvalue weighted by molar-refractivity contribution is 7.46. The molecule has 0 spiro atoms. The Morgan fingerprint density at radius 2 is 0.889 bits per heavy atom. The molecule has 0 aliphatic rings. The number of hydrogen-bond acceptors (Lipinski definition) is 6. The summed E-state index contributed by atoms with van der Waals surface area (Å²) in [6.45, 7) is 3.57. The molecule has 0 fully saturated rings. The average molecular weight is 781 g/mol. The van der Waals surface area contributed by atoms with Crippen LogP contribution in [0.25, 0.3) is 0 Å². The lowest BCUT2D eigenvalue weighted by molar-refractivity contribution is -0.161. The van der Waals surface area contributed by atoms with Gasteiger partial charge < -0.3 is 19.3 Å². The second-order valence-electron chi connectivity index (χ2n) is 14.6. The summed E-state index contributed by atoms with van der Waals surface area (Å²) in [6, 6.07) is 0.